The van der Waals surface area contributed by atoms with Gasteiger partial charge < -0.3 is 5.32 Å². The van der Waals surface area contributed by atoms with E-state index in [-0.39, 0.29) is 0 Å². The molecule has 2 N–H and O–H groups in total. The fraction of sp³-hybridized carbons (Fsp3) is 0.200. The monoisotopic (exact) mass is 416 g/mol. The third-order valence-corrected chi connectivity index (χ3v) is 5.97. The van der Waals surface area contributed by atoms with Gasteiger partial charge in [0.2, 0.25) is 15.9 Å². The van der Waals surface area contributed by atoms with Gasteiger partial charge in [0.1, 0.15) is 10.7 Å². The Morgan fingerprint density at radius 2 is 1.69 bits per heavy atom. The number of nitrogens with zero attached hydrogens (tertiary/aromatic N) is 2. The second-order valence-electron chi connectivity index (χ2n) is 6.56. The highest BCUT2D eigenvalue weighted by Gasteiger charge is 2.25. The molecule has 9 heteroatoms. The Labute approximate surface area is 168 Å². The van der Waals surface area contributed by atoms with Gasteiger partial charge in [0.15, 0.2) is 0 Å². The summed E-state index contributed by atoms with van der Waals surface area (Å²) in [5.41, 5.74) is 2.62. The van der Waals surface area contributed by atoms with Crippen LogP contribution < -0.4 is 10.0 Å². The number of para-hydroxylation sites is 1. The first kappa shape index (κ1) is 20.7. The molecule has 0 aliphatic heterocycles. The van der Waals surface area contributed by atoms with Crippen molar-refractivity contribution in [3.8, 4) is 5.69 Å². The average Bonchev–Trinajstić information content (AvgIpc) is 2.96. The molecular formula is C20H21FN4O3S. The Hall–Kier alpha value is -3.04. The number of aryl methyl sites for hydroxylation is 1. The van der Waals surface area contributed by atoms with Crippen LogP contribution in [0.3, 0.4) is 0 Å². The third kappa shape index (κ3) is 4.36. The molecule has 0 bridgehead atoms. The van der Waals surface area contributed by atoms with Crippen LogP contribution in [0.1, 0.15) is 18.3 Å². The molecule has 0 aliphatic carbocycles. The third-order valence-electron chi connectivity index (χ3n) is 4.39. The first-order valence-corrected chi connectivity index (χ1v) is 10.4. The number of aromatic nitrogens is 2. The summed E-state index contributed by atoms with van der Waals surface area (Å²) in [6.45, 7) is 4.94. The van der Waals surface area contributed by atoms with Crippen molar-refractivity contribution in [1.82, 2.24) is 14.5 Å². The molecule has 0 saturated carbocycles. The van der Waals surface area contributed by atoms with Crippen LogP contribution in [-0.4, -0.2) is 30.1 Å². The lowest BCUT2D eigenvalue weighted by atomic mass is 10.2. The minimum Gasteiger partial charge on any atom is -0.322 e. The van der Waals surface area contributed by atoms with E-state index in [4.69, 9.17) is 0 Å². The van der Waals surface area contributed by atoms with Crippen molar-refractivity contribution in [2.45, 2.75) is 31.7 Å². The van der Waals surface area contributed by atoms with Gasteiger partial charge >= 0.3 is 0 Å². The Bertz CT molecular complexity index is 1140. The largest absolute Gasteiger partial charge is 0.322 e. The zero-order valence-electron chi connectivity index (χ0n) is 16.2. The van der Waals surface area contributed by atoms with Crippen LogP contribution in [0.2, 0.25) is 0 Å². The predicted octanol–water partition coefficient (Wildman–Crippen LogP) is 2.93. The maximum Gasteiger partial charge on any atom is 0.244 e. The minimum absolute atomic E-state index is 0.496. The summed E-state index contributed by atoms with van der Waals surface area (Å²) in [6.07, 6.45) is 0. The summed E-state index contributed by atoms with van der Waals surface area (Å²) in [6, 6.07) is 13.3. The normalized spacial score (nSPS) is 12.6. The Balaban J connectivity index is 1.79. The number of nitrogens with one attached hydrogen (secondary N) is 2. The summed E-state index contributed by atoms with van der Waals surface area (Å²) in [5.74, 6) is -1.47. The van der Waals surface area contributed by atoms with Gasteiger partial charge in [-0.1, -0.05) is 30.3 Å². The first-order chi connectivity index (χ1) is 13.7. The Morgan fingerprint density at radius 1 is 1.07 bits per heavy atom. The molecule has 3 aromatic rings. The van der Waals surface area contributed by atoms with Crippen molar-refractivity contribution in [2.75, 3.05) is 5.32 Å². The smallest absolute Gasteiger partial charge is 0.244 e. The lowest BCUT2D eigenvalue weighted by Crippen LogP contribution is -2.41. The van der Waals surface area contributed by atoms with Gasteiger partial charge in [0, 0.05) is 0 Å². The number of hydrogen-bond acceptors (Lipinski definition) is 4. The van der Waals surface area contributed by atoms with E-state index in [9.17, 15) is 17.6 Å². The molecule has 1 atom stereocenters. The highest BCUT2D eigenvalue weighted by atomic mass is 32.2. The molecule has 1 heterocycles. The number of sulfonamides is 1. The van der Waals surface area contributed by atoms with Crippen molar-refractivity contribution < 1.29 is 17.6 Å². The fourth-order valence-electron chi connectivity index (χ4n) is 2.89. The van der Waals surface area contributed by atoms with Crippen LogP contribution in [0.4, 0.5) is 10.1 Å². The van der Waals surface area contributed by atoms with E-state index in [0.717, 1.165) is 17.8 Å². The van der Waals surface area contributed by atoms with E-state index in [0.29, 0.717) is 17.1 Å². The number of halogens is 1. The van der Waals surface area contributed by atoms with Crippen LogP contribution in [-0.2, 0) is 14.8 Å². The van der Waals surface area contributed by atoms with Crippen LogP contribution in [0, 0.1) is 19.7 Å². The van der Waals surface area contributed by atoms with Gasteiger partial charge in [-0.05, 0) is 45.0 Å². The predicted molar refractivity (Wildman–Crippen MR) is 108 cm³/mol. The van der Waals surface area contributed by atoms with E-state index < -0.39 is 32.7 Å². The van der Waals surface area contributed by atoms with Gasteiger partial charge in [0.05, 0.1) is 28.8 Å². The van der Waals surface area contributed by atoms with E-state index in [1.54, 1.807) is 18.5 Å². The summed E-state index contributed by atoms with van der Waals surface area (Å²) >= 11 is 0. The summed E-state index contributed by atoms with van der Waals surface area (Å²) in [4.78, 5) is 12.1. The maximum absolute atomic E-state index is 13.8. The van der Waals surface area contributed by atoms with Gasteiger partial charge in [-0.25, -0.2) is 17.5 Å². The lowest BCUT2D eigenvalue weighted by Gasteiger charge is -2.15. The lowest BCUT2D eigenvalue weighted by molar-refractivity contribution is -0.117. The number of anilines is 1. The van der Waals surface area contributed by atoms with Crippen LogP contribution >= 0.6 is 0 Å². The van der Waals surface area contributed by atoms with Crippen molar-refractivity contribution >= 4 is 21.6 Å². The van der Waals surface area contributed by atoms with Crippen LogP contribution in [0.25, 0.3) is 5.69 Å². The molecule has 3 rings (SSSR count). The molecule has 0 fully saturated rings. The summed E-state index contributed by atoms with van der Waals surface area (Å²) < 4.78 is 42.5. The van der Waals surface area contributed by atoms with E-state index in [1.807, 2.05) is 30.3 Å². The molecule has 29 heavy (non-hydrogen) atoms. The molecule has 2 aromatic carbocycles. The topological polar surface area (TPSA) is 93.1 Å². The molecule has 1 amide bonds. The number of carbonyl (C=O) groups excluding carboxylic acids is 1. The van der Waals surface area contributed by atoms with Gasteiger partial charge in [0.25, 0.3) is 0 Å². The van der Waals surface area contributed by atoms with E-state index >= 15 is 0 Å². The average molecular weight is 416 g/mol. The molecule has 1 unspecified atom stereocenters. The Kier molecular flexibility index (Phi) is 5.81. The standard InChI is InChI=1S/C20H21FN4O3S/c1-13-19(15(3)25(23-13)16-9-5-4-6-10-16)22-20(26)14(2)24-29(27,28)18-12-8-7-11-17(18)21/h4-12,14,24H,1-3H3,(H,22,26). The van der Waals surface area contributed by atoms with Crippen molar-refractivity contribution in [3.63, 3.8) is 0 Å². The maximum atomic E-state index is 13.8. The second-order valence-corrected chi connectivity index (χ2v) is 8.24. The van der Waals surface area contributed by atoms with Crippen LogP contribution in [0.5, 0.6) is 0 Å². The summed E-state index contributed by atoms with van der Waals surface area (Å²) in [7, 11) is -4.19. The highest BCUT2D eigenvalue weighted by Crippen LogP contribution is 2.23. The Morgan fingerprint density at radius 3 is 2.34 bits per heavy atom. The van der Waals surface area contributed by atoms with Crippen molar-refractivity contribution in [3.05, 3.63) is 71.8 Å². The van der Waals surface area contributed by atoms with Crippen LogP contribution in [0.15, 0.2) is 59.5 Å². The number of hydrogen-bond donors (Lipinski definition) is 2. The molecule has 152 valence electrons. The molecule has 0 spiro atoms. The highest BCUT2D eigenvalue weighted by molar-refractivity contribution is 7.89. The quantitative estimate of drug-likeness (QED) is 0.646. The van der Waals surface area contributed by atoms with Gasteiger partial charge in [-0.15, -0.1) is 0 Å². The zero-order valence-corrected chi connectivity index (χ0v) is 17.0. The number of amides is 1. The molecule has 0 saturated heterocycles. The fourth-order valence-corrected chi connectivity index (χ4v) is 4.17. The zero-order chi connectivity index (χ0) is 21.2. The number of rotatable bonds is 6. The van der Waals surface area contributed by atoms with E-state index in [2.05, 4.69) is 15.1 Å². The van der Waals surface area contributed by atoms with Crippen molar-refractivity contribution in [1.29, 1.82) is 0 Å². The molecular weight excluding hydrogens is 395 g/mol. The van der Waals surface area contributed by atoms with Gasteiger partial charge in [-0.3, -0.25) is 4.79 Å². The summed E-state index contributed by atoms with van der Waals surface area (Å²) in [5, 5.41) is 7.15. The van der Waals surface area contributed by atoms with E-state index in [1.165, 1.54) is 19.1 Å². The van der Waals surface area contributed by atoms with Gasteiger partial charge in [-0.2, -0.15) is 9.82 Å². The molecule has 0 aliphatic rings. The first-order valence-electron chi connectivity index (χ1n) is 8.90. The SMILES string of the molecule is Cc1nn(-c2ccccc2)c(C)c1NC(=O)C(C)NS(=O)(=O)c1ccccc1F. The minimum atomic E-state index is -4.19. The number of carbonyl (C=O) groups is 1. The molecule has 1 aromatic heterocycles. The second kappa shape index (κ2) is 8.14. The number of benzene rings is 2. The molecule has 0 radical (unpaired) electrons. The molecule has 7 nitrogen and oxygen atoms in total. The van der Waals surface area contributed by atoms with Crippen molar-refractivity contribution in [2.24, 2.45) is 0 Å².